The molecule has 0 aromatic heterocycles. The van der Waals surface area contributed by atoms with Gasteiger partial charge in [0.2, 0.25) is 0 Å². The number of Topliss-reactive ketones (excluding diaryl/α,β-unsaturated/α-hetero) is 1. The number of ether oxygens (including phenoxy) is 2. The fraction of sp³-hybridized carbons (Fsp3) is 0.727. The third kappa shape index (κ3) is 4.65. The zero-order valence-corrected chi connectivity index (χ0v) is 25.6. The summed E-state index contributed by atoms with van der Waals surface area (Å²) in [4.78, 5) is 39.8. The maximum absolute atomic E-state index is 13.3. The predicted molar refractivity (Wildman–Crippen MR) is 153 cm³/mol. The van der Waals surface area contributed by atoms with E-state index in [-0.39, 0.29) is 6.42 Å². The number of fused-ring (bicyclic) bond motifs is 5. The molecule has 4 aliphatic carbocycles. The Morgan fingerprint density at radius 3 is 2.46 bits per heavy atom. The van der Waals surface area contributed by atoms with Crippen molar-refractivity contribution >= 4 is 17.7 Å². The van der Waals surface area contributed by atoms with Gasteiger partial charge in [0, 0.05) is 41.6 Å². The van der Waals surface area contributed by atoms with Gasteiger partial charge >= 0.3 is 11.9 Å². The number of allylic oxidation sites excluding steroid dienone is 1. The molecule has 4 aliphatic rings. The van der Waals surface area contributed by atoms with Gasteiger partial charge in [-0.2, -0.15) is 0 Å². The Balaban J connectivity index is 1.84. The molecule has 4 rings (SSSR count). The van der Waals surface area contributed by atoms with Crippen molar-refractivity contribution in [1.82, 2.24) is 0 Å². The monoisotopic (exact) mass is 572 g/mol. The maximum atomic E-state index is 13.3. The first-order valence-corrected chi connectivity index (χ1v) is 15.3. The fourth-order valence-electron chi connectivity index (χ4n) is 8.12. The van der Waals surface area contributed by atoms with Crippen LogP contribution in [-0.4, -0.2) is 62.6 Å². The molecule has 0 aliphatic heterocycles. The molecule has 0 amide bonds. The van der Waals surface area contributed by atoms with Crippen LogP contribution < -0.4 is 0 Å². The standard InChI is InChI=1S/C33H48O8/c1-8-10-11-12-13-14-25(35)41-33-26(30(33,6)7)23-16-22(18-34)17-31(38)24(15-20(4)27(31)36)32(23,39)21(5)28(33)40-29(37)19(3)9-2/h13-16,19,21,23-24,26,28,34,38-39H,8-12,17-18H2,1-7H3. The topological polar surface area (TPSA) is 130 Å². The minimum absolute atomic E-state index is 0.121. The summed E-state index contributed by atoms with van der Waals surface area (Å²) in [6, 6.07) is 0. The molecule has 3 N–H and O–H groups in total. The highest BCUT2D eigenvalue weighted by molar-refractivity contribution is 6.04. The summed E-state index contributed by atoms with van der Waals surface area (Å²) in [6.45, 7) is 12.6. The summed E-state index contributed by atoms with van der Waals surface area (Å²) < 4.78 is 12.5. The highest BCUT2D eigenvalue weighted by Crippen LogP contribution is 2.77. The lowest BCUT2D eigenvalue weighted by atomic mass is 9.59. The Labute approximate surface area is 243 Å². The number of carbonyl (C=O) groups is 3. The molecule has 8 heteroatoms. The Kier molecular flexibility index (Phi) is 8.55. The van der Waals surface area contributed by atoms with E-state index in [1.165, 1.54) is 6.08 Å². The lowest BCUT2D eigenvalue weighted by Crippen LogP contribution is -2.66. The van der Waals surface area contributed by atoms with Gasteiger partial charge < -0.3 is 24.8 Å². The first-order valence-electron chi connectivity index (χ1n) is 15.3. The van der Waals surface area contributed by atoms with Gasteiger partial charge in [0.15, 0.2) is 11.4 Å². The van der Waals surface area contributed by atoms with E-state index in [1.54, 1.807) is 39.0 Å². The molecule has 0 radical (unpaired) electrons. The predicted octanol–water partition coefficient (Wildman–Crippen LogP) is 4.21. The minimum Gasteiger partial charge on any atom is -0.457 e. The first-order chi connectivity index (χ1) is 19.2. The molecule has 9 atom stereocenters. The number of esters is 2. The van der Waals surface area contributed by atoms with Crippen molar-refractivity contribution in [2.75, 3.05) is 6.61 Å². The molecule has 0 aromatic carbocycles. The Bertz CT molecular complexity index is 1170. The normalized spacial score (nSPS) is 39.6. The average Bonchev–Trinajstić information content (AvgIpc) is 3.35. The number of ketones is 1. The van der Waals surface area contributed by atoms with Crippen molar-refractivity contribution in [3.63, 3.8) is 0 Å². The van der Waals surface area contributed by atoms with Crippen molar-refractivity contribution in [3.05, 3.63) is 35.5 Å². The summed E-state index contributed by atoms with van der Waals surface area (Å²) in [6.07, 6.45) is 9.86. The molecule has 8 nitrogen and oxygen atoms in total. The van der Waals surface area contributed by atoms with Crippen molar-refractivity contribution in [2.45, 2.75) is 110 Å². The van der Waals surface area contributed by atoms with Crippen molar-refractivity contribution in [1.29, 1.82) is 0 Å². The van der Waals surface area contributed by atoms with Crippen LogP contribution in [0.25, 0.3) is 0 Å². The molecule has 0 heterocycles. The third-order valence-electron chi connectivity index (χ3n) is 10.7. The number of aliphatic hydroxyl groups excluding tert-OH is 1. The van der Waals surface area contributed by atoms with Crippen molar-refractivity contribution in [2.24, 2.45) is 35.0 Å². The summed E-state index contributed by atoms with van der Waals surface area (Å²) >= 11 is 0. The van der Waals surface area contributed by atoms with Gasteiger partial charge in [-0.25, -0.2) is 4.79 Å². The van der Waals surface area contributed by atoms with E-state index in [0.29, 0.717) is 17.6 Å². The summed E-state index contributed by atoms with van der Waals surface area (Å²) in [5, 5.41) is 34.9. The van der Waals surface area contributed by atoms with E-state index in [0.717, 1.165) is 25.7 Å². The summed E-state index contributed by atoms with van der Waals surface area (Å²) in [7, 11) is 0. The van der Waals surface area contributed by atoms with Crippen LogP contribution in [0.5, 0.6) is 0 Å². The molecule has 2 fully saturated rings. The number of hydrogen-bond acceptors (Lipinski definition) is 8. The number of unbranched alkanes of at least 4 members (excludes halogenated alkanes) is 3. The Morgan fingerprint density at radius 2 is 1.85 bits per heavy atom. The van der Waals surface area contributed by atoms with E-state index in [4.69, 9.17) is 9.47 Å². The van der Waals surface area contributed by atoms with Crippen LogP contribution in [0.4, 0.5) is 0 Å². The minimum atomic E-state index is -1.95. The van der Waals surface area contributed by atoms with Crippen molar-refractivity contribution in [3.8, 4) is 0 Å². The zero-order chi connectivity index (χ0) is 30.5. The molecule has 228 valence electrons. The highest BCUT2D eigenvalue weighted by Gasteiger charge is 2.88. The van der Waals surface area contributed by atoms with E-state index in [1.807, 2.05) is 20.8 Å². The molecule has 0 bridgehead atoms. The van der Waals surface area contributed by atoms with Gasteiger partial charge in [-0.15, -0.1) is 0 Å². The molecule has 2 saturated carbocycles. The van der Waals surface area contributed by atoms with Crippen LogP contribution in [0.15, 0.2) is 35.5 Å². The van der Waals surface area contributed by atoms with Crippen molar-refractivity contribution < 1.29 is 39.2 Å². The molecule has 9 unspecified atom stereocenters. The van der Waals surface area contributed by atoms with Crippen LogP contribution in [0.2, 0.25) is 0 Å². The first kappa shape index (κ1) is 31.6. The van der Waals surface area contributed by atoms with E-state index in [9.17, 15) is 29.7 Å². The van der Waals surface area contributed by atoms with Gasteiger partial charge in [-0.3, -0.25) is 9.59 Å². The lowest BCUT2D eigenvalue weighted by Gasteiger charge is -2.53. The maximum Gasteiger partial charge on any atom is 0.331 e. The van der Waals surface area contributed by atoms with E-state index in [2.05, 4.69) is 6.92 Å². The molecule has 0 spiro atoms. The van der Waals surface area contributed by atoms with Crippen LogP contribution in [0.3, 0.4) is 0 Å². The van der Waals surface area contributed by atoms with Crippen LogP contribution in [0, 0.1) is 35.0 Å². The quantitative estimate of drug-likeness (QED) is 0.154. The zero-order valence-electron chi connectivity index (χ0n) is 25.6. The number of aliphatic hydroxyl groups is 3. The molecule has 0 saturated heterocycles. The number of hydrogen-bond donors (Lipinski definition) is 3. The molecular weight excluding hydrogens is 524 g/mol. The average molecular weight is 573 g/mol. The van der Waals surface area contributed by atoms with Gasteiger partial charge in [0.25, 0.3) is 0 Å². The number of carbonyl (C=O) groups excluding carboxylic acids is 3. The highest BCUT2D eigenvalue weighted by atomic mass is 16.6. The second kappa shape index (κ2) is 11.1. The molecular formula is C33H48O8. The smallest absolute Gasteiger partial charge is 0.331 e. The second-order valence-corrected chi connectivity index (χ2v) is 13.4. The van der Waals surface area contributed by atoms with Gasteiger partial charge in [-0.05, 0) is 37.3 Å². The Hall–Kier alpha value is -2.29. The van der Waals surface area contributed by atoms with Crippen LogP contribution >= 0.6 is 0 Å². The number of rotatable bonds is 10. The third-order valence-corrected chi connectivity index (χ3v) is 10.7. The largest absolute Gasteiger partial charge is 0.457 e. The van der Waals surface area contributed by atoms with E-state index < -0.39 is 82.2 Å². The molecule has 41 heavy (non-hydrogen) atoms. The van der Waals surface area contributed by atoms with Gasteiger partial charge in [0.1, 0.15) is 11.7 Å². The molecule has 0 aromatic rings. The van der Waals surface area contributed by atoms with Gasteiger partial charge in [-0.1, -0.05) is 72.6 Å². The second-order valence-electron chi connectivity index (χ2n) is 13.4. The van der Waals surface area contributed by atoms with E-state index >= 15 is 0 Å². The van der Waals surface area contributed by atoms with Gasteiger partial charge in [0.05, 0.1) is 18.1 Å². The Morgan fingerprint density at radius 1 is 1.17 bits per heavy atom. The summed E-state index contributed by atoms with van der Waals surface area (Å²) in [5.74, 6) is -4.92. The van der Waals surface area contributed by atoms with Crippen LogP contribution in [0.1, 0.15) is 87.0 Å². The lowest BCUT2D eigenvalue weighted by molar-refractivity contribution is -0.229. The fourth-order valence-corrected chi connectivity index (χ4v) is 8.12. The SMILES string of the molecule is CCCCCC=CC(=O)OC12C(OC(=O)C(C)CC)C(C)C3(O)C(C=C(CO)CC4(O)C(=O)C(C)=CC43)C1C2(C)C. The summed E-state index contributed by atoms with van der Waals surface area (Å²) in [5.41, 5.74) is -4.88. The van der Waals surface area contributed by atoms with Crippen LogP contribution in [-0.2, 0) is 23.9 Å².